The normalized spacial score (nSPS) is 10.5. The van der Waals surface area contributed by atoms with Gasteiger partial charge in [0, 0.05) is 11.1 Å². The molecule has 0 aliphatic carbocycles. The monoisotopic (exact) mass is 371 g/mol. The summed E-state index contributed by atoms with van der Waals surface area (Å²) < 4.78 is 34.1. The van der Waals surface area contributed by atoms with Crippen molar-refractivity contribution in [2.75, 3.05) is 12.4 Å². The molecule has 1 aromatic heterocycles. The Bertz CT molecular complexity index is 919. The molecule has 3 aromatic rings. The number of carbonyl (C=O) groups is 1. The summed E-state index contributed by atoms with van der Waals surface area (Å²) in [4.78, 5) is 20.8. The SMILES string of the molecule is COc1cc(C(=O)Nc2cnc(-c3ccccc3)nc2)ccc1OC(F)F. The van der Waals surface area contributed by atoms with Crippen molar-refractivity contribution < 1.29 is 23.0 Å². The van der Waals surface area contributed by atoms with Crippen molar-refractivity contribution in [2.24, 2.45) is 0 Å². The first-order chi connectivity index (χ1) is 13.1. The summed E-state index contributed by atoms with van der Waals surface area (Å²) in [5.41, 5.74) is 1.46. The number of rotatable bonds is 6. The molecular weight excluding hydrogens is 356 g/mol. The number of hydrogen-bond donors (Lipinski definition) is 1. The number of nitrogens with zero attached hydrogens (tertiary/aromatic N) is 2. The van der Waals surface area contributed by atoms with E-state index in [1.54, 1.807) is 0 Å². The maximum absolute atomic E-state index is 12.4. The van der Waals surface area contributed by atoms with E-state index in [9.17, 15) is 13.6 Å². The van der Waals surface area contributed by atoms with Gasteiger partial charge in [-0.3, -0.25) is 4.79 Å². The van der Waals surface area contributed by atoms with Crippen molar-refractivity contribution in [1.82, 2.24) is 9.97 Å². The van der Waals surface area contributed by atoms with E-state index in [2.05, 4.69) is 20.0 Å². The number of carbonyl (C=O) groups excluding carboxylic acids is 1. The lowest BCUT2D eigenvalue weighted by Gasteiger charge is -2.11. The Balaban J connectivity index is 1.73. The van der Waals surface area contributed by atoms with Crippen LogP contribution in [0.3, 0.4) is 0 Å². The average molecular weight is 371 g/mol. The molecule has 0 atom stereocenters. The number of benzene rings is 2. The van der Waals surface area contributed by atoms with E-state index < -0.39 is 12.5 Å². The van der Waals surface area contributed by atoms with Crippen LogP contribution >= 0.6 is 0 Å². The molecule has 0 spiro atoms. The summed E-state index contributed by atoms with van der Waals surface area (Å²) in [6.45, 7) is -2.99. The number of anilines is 1. The topological polar surface area (TPSA) is 73.3 Å². The second kappa shape index (κ2) is 8.22. The minimum Gasteiger partial charge on any atom is -0.493 e. The molecule has 138 valence electrons. The van der Waals surface area contributed by atoms with Crippen molar-refractivity contribution in [2.45, 2.75) is 6.61 Å². The zero-order chi connectivity index (χ0) is 19.2. The van der Waals surface area contributed by atoms with Gasteiger partial charge in [0.2, 0.25) is 0 Å². The van der Waals surface area contributed by atoms with Gasteiger partial charge in [-0.1, -0.05) is 30.3 Å². The van der Waals surface area contributed by atoms with Crippen LogP contribution in [0.2, 0.25) is 0 Å². The number of ether oxygens (including phenoxy) is 2. The van der Waals surface area contributed by atoms with Crippen LogP contribution in [-0.2, 0) is 0 Å². The molecule has 27 heavy (non-hydrogen) atoms. The number of aromatic nitrogens is 2. The van der Waals surface area contributed by atoms with Crippen LogP contribution in [0.4, 0.5) is 14.5 Å². The Morgan fingerprint density at radius 3 is 2.37 bits per heavy atom. The number of amides is 1. The highest BCUT2D eigenvalue weighted by molar-refractivity contribution is 6.04. The first-order valence-electron chi connectivity index (χ1n) is 7.88. The van der Waals surface area contributed by atoms with E-state index in [1.807, 2.05) is 30.3 Å². The highest BCUT2D eigenvalue weighted by atomic mass is 19.3. The highest BCUT2D eigenvalue weighted by Crippen LogP contribution is 2.29. The van der Waals surface area contributed by atoms with Gasteiger partial charge in [-0.2, -0.15) is 8.78 Å². The molecule has 2 aromatic carbocycles. The Hall–Kier alpha value is -3.55. The van der Waals surface area contributed by atoms with E-state index in [-0.39, 0.29) is 17.1 Å². The standard InChI is InChI=1S/C19H15F2N3O3/c1-26-16-9-13(7-8-15(16)27-19(20)21)18(25)24-14-10-22-17(23-11-14)12-5-3-2-4-6-12/h2-11,19H,1H3,(H,24,25). The van der Waals surface area contributed by atoms with Gasteiger partial charge >= 0.3 is 6.61 Å². The third-order valence-corrected chi connectivity index (χ3v) is 3.58. The van der Waals surface area contributed by atoms with Crippen LogP contribution in [0.15, 0.2) is 60.9 Å². The Kier molecular flexibility index (Phi) is 5.55. The van der Waals surface area contributed by atoms with E-state index >= 15 is 0 Å². The lowest BCUT2D eigenvalue weighted by atomic mass is 10.2. The van der Waals surface area contributed by atoms with Crippen LogP contribution in [0.5, 0.6) is 11.5 Å². The molecule has 8 heteroatoms. The third-order valence-electron chi connectivity index (χ3n) is 3.58. The summed E-state index contributed by atoms with van der Waals surface area (Å²) in [6.07, 6.45) is 2.97. The minimum absolute atomic E-state index is 0.0265. The van der Waals surface area contributed by atoms with Gasteiger partial charge in [-0.15, -0.1) is 0 Å². The van der Waals surface area contributed by atoms with Crippen molar-refractivity contribution in [3.05, 3.63) is 66.5 Å². The van der Waals surface area contributed by atoms with Crippen LogP contribution < -0.4 is 14.8 Å². The maximum Gasteiger partial charge on any atom is 0.387 e. The summed E-state index contributed by atoms with van der Waals surface area (Å²) in [6, 6.07) is 13.3. The van der Waals surface area contributed by atoms with Gasteiger partial charge in [-0.25, -0.2) is 9.97 Å². The summed E-state index contributed by atoms with van der Waals surface area (Å²) in [5.74, 6) is -0.0602. The number of halogens is 2. The molecule has 0 saturated carbocycles. The van der Waals surface area contributed by atoms with Gasteiger partial charge in [-0.05, 0) is 18.2 Å². The molecule has 0 aliphatic rings. The average Bonchev–Trinajstić information content (AvgIpc) is 2.69. The van der Waals surface area contributed by atoms with E-state index in [0.717, 1.165) is 5.56 Å². The second-order valence-corrected chi connectivity index (χ2v) is 5.36. The van der Waals surface area contributed by atoms with Gasteiger partial charge < -0.3 is 14.8 Å². The molecule has 1 heterocycles. The van der Waals surface area contributed by atoms with Crippen LogP contribution in [-0.4, -0.2) is 29.6 Å². The molecule has 0 unspecified atom stereocenters. The molecule has 6 nitrogen and oxygen atoms in total. The lowest BCUT2D eigenvalue weighted by Crippen LogP contribution is -2.13. The van der Waals surface area contributed by atoms with Crippen molar-refractivity contribution >= 4 is 11.6 Å². The molecule has 0 saturated heterocycles. The molecule has 1 N–H and O–H groups in total. The van der Waals surface area contributed by atoms with Crippen LogP contribution in [0.1, 0.15) is 10.4 Å². The zero-order valence-corrected chi connectivity index (χ0v) is 14.2. The number of hydrogen-bond acceptors (Lipinski definition) is 5. The summed E-state index contributed by atoms with van der Waals surface area (Å²) >= 11 is 0. The van der Waals surface area contributed by atoms with Crippen molar-refractivity contribution in [3.63, 3.8) is 0 Å². The molecule has 0 aliphatic heterocycles. The molecule has 1 amide bonds. The number of alkyl halides is 2. The maximum atomic E-state index is 12.4. The van der Waals surface area contributed by atoms with Crippen LogP contribution in [0, 0.1) is 0 Å². The fraction of sp³-hybridized carbons (Fsp3) is 0.105. The summed E-state index contributed by atoms with van der Waals surface area (Å²) in [7, 11) is 1.30. The van der Waals surface area contributed by atoms with Crippen molar-refractivity contribution in [1.29, 1.82) is 0 Å². The Morgan fingerprint density at radius 1 is 1.04 bits per heavy atom. The van der Waals surface area contributed by atoms with Gasteiger partial charge in [0.15, 0.2) is 17.3 Å². The first kappa shape index (κ1) is 18.2. The van der Waals surface area contributed by atoms with E-state index in [1.165, 1.54) is 37.7 Å². The quantitative estimate of drug-likeness (QED) is 0.709. The first-order valence-corrected chi connectivity index (χ1v) is 7.88. The van der Waals surface area contributed by atoms with Crippen molar-refractivity contribution in [3.8, 4) is 22.9 Å². The fourth-order valence-electron chi connectivity index (χ4n) is 2.33. The molecule has 0 bridgehead atoms. The molecule has 0 fully saturated rings. The smallest absolute Gasteiger partial charge is 0.387 e. The lowest BCUT2D eigenvalue weighted by molar-refractivity contribution is -0.0512. The second-order valence-electron chi connectivity index (χ2n) is 5.36. The zero-order valence-electron chi connectivity index (χ0n) is 14.2. The summed E-state index contributed by atoms with van der Waals surface area (Å²) in [5, 5.41) is 2.64. The fourth-order valence-corrected chi connectivity index (χ4v) is 2.33. The Morgan fingerprint density at radius 2 is 1.74 bits per heavy atom. The van der Waals surface area contributed by atoms with Gasteiger partial charge in [0.1, 0.15) is 0 Å². The third kappa shape index (κ3) is 4.55. The predicted molar refractivity (Wildman–Crippen MR) is 95.0 cm³/mol. The number of methoxy groups -OCH3 is 1. The van der Waals surface area contributed by atoms with Crippen LogP contribution in [0.25, 0.3) is 11.4 Å². The molecular formula is C19H15F2N3O3. The van der Waals surface area contributed by atoms with Gasteiger partial charge in [0.05, 0.1) is 25.2 Å². The predicted octanol–water partition coefficient (Wildman–Crippen LogP) is 4.01. The largest absolute Gasteiger partial charge is 0.493 e. The highest BCUT2D eigenvalue weighted by Gasteiger charge is 2.14. The van der Waals surface area contributed by atoms with Gasteiger partial charge in [0.25, 0.3) is 5.91 Å². The minimum atomic E-state index is -2.99. The molecule has 3 rings (SSSR count). The Labute approximate surface area is 153 Å². The van der Waals surface area contributed by atoms with E-state index in [4.69, 9.17) is 4.74 Å². The number of nitrogens with one attached hydrogen (secondary N) is 1. The molecule has 0 radical (unpaired) electrons. The van der Waals surface area contributed by atoms with E-state index in [0.29, 0.717) is 11.5 Å².